The molecule has 0 radical (unpaired) electrons. The Morgan fingerprint density at radius 3 is 1.29 bits per heavy atom. The summed E-state index contributed by atoms with van der Waals surface area (Å²) in [7, 11) is -0.385. The van der Waals surface area contributed by atoms with Crippen molar-refractivity contribution in [3.8, 4) is 5.75 Å². The first-order valence-electron chi connectivity index (χ1n) is 12.2. The first-order chi connectivity index (χ1) is 13.7. The Morgan fingerprint density at radius 2 is 0.929 bits per heavy atom. The predicted octanol–water partition coefficient (Wildman–Crippen LogP) is 7.40. The molecule has 0 saturated heterocycles. The summed E-state index contributed by atoms with van der Waals surface area (Å²) in [6.45, 7) is 0. The van der Waals surface area contributed by atoms with Crippen molar-refractivity contribution in [1.82, 2.24) is 0 Å². The molecule has 0 spiro atoms. The summed E-state index contributed by atoms with van der Waals surface area (Å²) >= 11 is 0. The summed E-state index contributed by atoms with van der Waals surface area (Å²) in [5, 5.41) is 1.12. The van der Waals surface area contributed by atoms with Crippen LogP contribution in [0.3, 0.4) is 0 Å². The van der Waals surface area contributed by atoms with Crippen molar-refractivity contribution in [2.75, 3.05) is 0 Å². The van der Waals surface area contributed by atoms with E-state index in [1.165, 1.54) is 44.3 Å². The van der Waals surface area contributed by atoms with Crippen LogP contribution in [0.2, 0.25) is 0 Å². The molecule has 1 aromatic rings. The number of benzene rings is 1. The highest BCUT2D eigenvalue weighted by atomic mass is 31.1. The van der Waals surface area contributed by atoms with Gasteiger partial charge >= 0.3 is 0 Å². The highest BCUT2D eigenvalue weighted by Gasteiger charge is 2.64. The second kappa shape index (κ2) is 6.00. The third kappa shape index (κ3) is 2.54. The number of rotatable bonds is 4. The molecule has 0 amide bonds. The van der Waals surface area contributed by atoms with Crippen LogP contribution in [0, 0.1) is 35.5 Å². The second-order valence-electron chi connectivity index (χ2n) is 12.0. The number of hydrogen-bond acceptors (Lipinski definition) is 1. The van der Waals surface area contributed by atoms with Gasteiger partial charge in [-0.3, -0.25) is 0 Å². The molecule has 0 unspecified atom stereocenters. The van der Waals surface area contributed by atoms with Crippen LogP contribution in [-0.2, 0) is 0 Å². The Labute approximate surface area is 171 Å². The lowest BCUT2D eigenvalue weighted by atomic mass is 9.55. The SMILES string of the molecule is c1ccc(OP(C23CC4CC(CC(C4)C2)C3)C23CC4CC(CC(C4)C2)C3)cc1. The Morgan fingerprint density at radius 1 is 0.571 bits per heavy atom. The molecule has 2 heteroatoms. The van der Waals surface area contributed by atoms with Crippen LogP contribution in [0.15, 0.2) is 30.3 Å². The highest BCUT2D eigenvalue weighted by Crippen LogP contribution is 2.78. The predicted molar refractivity (Wildman–Crippen MR) is 116 cm³/mol. The summed E-state index contributed by atoms with van der Waals surface area (Å²) < 4.78 is 7.25. The van der Waals surface area contributed by atoms with Crippen LogP contribution < -0.4 is 4.52 Å². The van der Waals surface area contributed by atoms with Gasteiger partial charge in [0.1, 0.15) is 5.75 Å². The fourth-order valence-corrected chi connectivity index (χ4v) is 14.2. The molecule has 0 aromatic heterocycles. The summed E-state index contributed by atoms with van der Waals surface area (Å²) in [5.41, 5.74) is 0. The van der Waals surface area contributed by atoms with Gasteiger partial charge in [0.05, 0.1) is 8.15 Å². The molecular formula is C26H35OP. The zero-order valence-electron chi connectivity index (χ0n) is 17.2. The summed E-state index contributed by atoms with van der Waals surface area (Å²) in [5.74, 6) is 7.37. The van der Waals surface area contributed by atoms with Gasteiger partial charge in [-0.25, -0.2) is 0 Å². The van der Waals surface area contributed by atoms with Crippen LogP contribution in [-0.4, -0.2) is 10.3 Å². The van der Waals surface area contributed by atoms with Gasteiger partial charge in [-0.2, -0.15) is 0 Å². The molecule has 9 rings (SSSR count). The molecule has 0 atom stereocenters. The van der Waals surface area contributed by atoms with Gasteiger partial charge in [-0.05, 0) is 125 Å². The molecule has 28 heavy (non-hydrogen) atoms. The minimum absolute atomic E-state index is 0.385. The maximum Gasteiger partial charge on any atom is 0.123 e. The van der Waals surface area contributed by atoms with E-state index in [1.54, 1.807) is 38.5 Å². The fourth-order valence-electron chi connectivity index (χ4n) is 9.91. The Hall–Kier alpha value is -0.550. The van der Waals surface area contributed by atoms with Crippen molar-refractivity contribution in [1.29, 1.82) is 0 Å². The highest BCUT2D eigenvalue weighted by molar-refractivity contribution is 7.56. The van der Waals surface area contributed by atoms with Gasteiger partial charge in [0.25, 0.3) is 0 Å². The Balaban J connectivity index is 1.31. The fraction of sp³-hybridized carbons (Fsp3) is 0.769. The van der Waals surface area contributed by atoms with Gasteiger partial charge in [0, 0.05) is 10.3 Å². The molecule has 8 aliphatic carbocycles. The second-order valence-corrected chi connectivity index (χ2v) is 14.7. The first-order valence-corrected chi connectivity index (χ1v) is 13.5. The topological polar surface area (TPSA) is 9.23 Å². The van der Waals surface area contributed by atoms with Crippen LogP contribution >= 0.6 is 8.15 Å². The van der Waals surface area contributed by atoms with Gasteiger partial charge in [-0.1, -0.05) is 18.2 Å². The molecule has 1 nitrogen and oxygen atoms in total. The summed E-state index contributed by atoms with van der Waals surface area (Å²) in [6.07, 6.45) is 18.4. The van der Waals surface area contributed by atoms with E-state index >= 15 is 0 Å². The Kier molecular flexibility index (Phi) is 3.68. The minimum Gasteiger partial charge on any atom is -0.473 e. The maximum atomic E-state index is 7.25. The van der Waals surface area contributed by atoms with Crippen molar-refractivity contribution in [3.63, 3.8) is 0 Å². The monoisotopic (exact) mass is 394 g/mol. The van der Waals surface area contributed by atoms with Crippen LogP contribution in [0.25, 0.3) is 0 Å². The van der Waals surface area contributed by atoms with Crippen LogP contribution in [0.1, 0.15) is 77.0 Å². The maximum absolute atomic E-state index is 7.25. The molecule has 8 fully saturated rings. The normalized spacial score (nSPS) is 51.4. The van der Waals surface area contributed by atoms with Crippen molar-refractivity contribution in [2.45, 2.75) is 87.4 Å². The molecule has 8 aliphatic rings. The molecule has 0 aliphatic heterocycles. The lowest BCUT2D eigenvalue weighted by Gasteiger charge is -2.66. The third-order valence-corrected chi connectivity index (χ3v) is 13.0. The van der Waals surface area contributed by atoms with Crippen molar-refractivity contribution in [3.05, 3.63) is 30.3 Å². The molecule has 8 bridgehead atoms. The zero-order valence-corrected chi connectivity index (χ0v) is 18.1. The molecule has 0 heterocycles. The molecule has 1 aromatic carbocycles. The molecule has 0 N–H and O–H groups in total. The van der Waals surface area contributed by atoms with E-state index < -0.39 is 0 Å². The van der Waals surface area contributed by atoms with E-state index in [2.05, 4.69) is 30.3 Å². The Bertz CT molecular complexity index is 640. The molecule has 8 saturated carbocycles. The van der Waals surface area contributed by atoms with Crippen molar-refractivity contribution < 1.29 is 4.52 Å². The average molecular weight is 395 g/mol. The quantitative estimate of drug-likeness (QED) is 0.483. The van der Waals surface area contributed by atoms with E-state index in [0.29, 0.717) is 10.3 Å². The van der Waals surface area contributed by atoms with Gasteiger partial charge in [0.2, 0.25) is 0 Å². The summed E-state index contributed by atoms with van der Waals surface area (Å²) in [4.78, 5) is 0. The largest absolute Gasteiger partial charge is 0.473 e. The average Bonchev–Trinajstić information content (AvgIpc) is 2.64. The molecule has 150 valence electrons. The smallest absolute Gasteiger partial charge is 0.123 e. The number of hydrogen-bond donors (Lipinski definition) is 0. The van der Waals surface area contributed by atoms with Crippen LogP contribution in [0.5, 0.6) is 5.75 Å². The van der Waals surface area contributed by atoms with E-state index in [9.17, 15) is 0 Å². The standard InChI is InChI=1S/C26H35OP/c1-2-4-24(5-3-1)27-28(25-12-18-6-19(13-25)8-20(7-18)14-25)26-15-21-9-22(16-26)11-23(10-21)17-26/h1-5,18-23H,6-17H2. The lowest BCUT2D eigenvalue weighted by Crippen LogP contribution is -2.57. The molecular weight excluding hydrogens is 359 g/mol. The summed E-state index contributed by atoms with van der Waals surface area (Å²) in [6, 6.07) is 11.0. The van der Waals surface area contributed by atoms with E-state index in [-0.39, 0.29) is 8.15 Å². The van der Waals surface area contributed by atoms with Gasteiger partial charge in [0.15, 0.2) is 0 Å². The minimum atomic E-state index is -0.385. The van der Waals surface area contributed by atoms with Crippen molar-refractivity contribution in [2.24, 2.45) is 35.5 Å². The number of para-hydroxylation sites is 1. The lowest BCUT2D eigenvalue weighted by molar-refractivity contribution is 0.0136. The van der Waals surface area contributed by atoms with Crippen molar-refractivity contribution >= 4 is 8.15 Å². The zero-order chi connectivity index (χ0) is 18.3. The van der Waals surface area contributed by atoms with Gasteiger partial charge in [-0.15, -0.1) is 0 Å². The first kappa shape index (κ1) is 17.2. The van der Waals surface area contributed by atoms with E-state index in [1.807, 2.05) is 0 Å². The van der Waals surface area contributed by atoms with Crippen LogP contribution in [0.4, 0.5) is 0 Å². The van der Waals surface area contributed by atoms with E-state index in [4.69, 9.17) is 4.52 Å². The van der Waals surface area contributed by atoms with Gasteiger partial charge < -0.3 is 4.52 Å². The van der Waals surface area contributed by atoms with E-state index in [0.717, 1.165) is 35.5 Å². The third-order valence-electron chi connectivity index (χ3n) is 9.81.